The van der Waals surface area contributed by atoms with Crippen LogP contribution in [-0.2, 0) is 0 Å². The summed E-state index contributed by atoms with van der Waals surface area (Å²) in [4.78, 5) is 17.8. The fraction of sp³-hybridized carbons (Fsp3) is 0.438. The van der Waals surface area contributed by atoms with Crippen molar-refractivity contribution < 1.29 is 4.79 Å². The fourth-order valence-electron chi connectivity index (χ4n) is 2.06. The summed E-state index contributed by atoms with van der Waals surface area (Å²) in [5.74, 6) is 0.439. The number of carbonyl (C=O) groups is 1. The molecule has 0 radical (unpaired) electrons. The third kappa shape index (κ3) is 3.84. The highest BCUT2D eigenvalue weighted by Crippen LogP contribution is 2.20. The second-order valence-electron chi connectivity index (χ2n) is 5.80. The molecule has 6 nitrogen and oxygen atoms in total. The largest absolute Gasteiger partial charge is 0.338 e. The lowest BCUT2D eigenvalue weighted by atomic mass is 10.1. The Hall–Kier alpha value is -2.37. The topological polar surface area (TPSA) is 63.1 Å². The number of nitrogens with one attached hydrogen (secondary N) is 1. The molecule has 2 rings (SSSR count). The highest BCUT2D eigenvalue weighted by molar-refractivity contribution is 5.74. The number of amides is 2. The summed E-state index contributed by atoms with van der Waals surface area (Å²) in [6, 6.07) is 7.90. The zero-order valence-electron chi connectivity index (χ0n) is 13.5. The average molecular weight is 301 g/mol. The second-order valence-corrected chi connectivity index (χ2v) is 5.80. The minimum absolute atomic E-state index is 0.00282. The number of benzene rings is 1. The third-order valence-corrected chi connectivity index (χ3v) is 3.62. The van der Waals surface area contributed by atoms with Crippen molar-refractivity contribution in [3.05, 3.63) is 42.5 Å². The van der Waals surface area contributed by atoms with E-state index in [1.54, 1.807) is 15.9 Å². The van der Waals surface area contributed by atoms with Crippen molar-refractivity contribution in [3.63, 3.8) is 0 Å². The number of aromatic nitrogens is 3. The van der Waals surface area contributed by atoms with Crippen LogP contribution in [-0.4, -0.2) is 39.3 Å². The van der Waals surface area contributed by atoms with Crippen LogP contribution < -0.4 is 5.32 Å². The first-order valence-corrected chi connectivity index (χ1v) is 7.44. The number of nitrogens with zero attached hydrogens (tertiary/aromatic N) is 4. The van der Waals surface area contributed by atoms with Crippen molar-refractivity contribution in [3.8, 4) is 5.69 Å². The summed E-state index contributed by atoms with van der Waals surface area (Å²) in [5, 5.41) is 7.03. The molecule has 0 aliphatic carbocycles. The Morgan fingerprint density at radius 2 is 1.95 bits per heavy atom. The number of carbonyl (C=O) groups excluding carboxylic acids is 1. The Morgan fingerprint density at radius 3 is 2.50 bits per heavy atom. The van der Waals surface area contributed by atoms with Gasteiger partial charge in [0.1, 0.15) is 12.7 Å². The predicted molar refractivity (Wildman–Crippen MR) is 85.8 cm³/mol. The lowest BCUT2D eigenvalue weighted by Crippen LogP contribution is -2.40. The third-order valence-electron chi connectivity index (χ3n) is 3.62. The Bertz CT molecular complexity index is 592. The van der Waals surface area contributed by atoms with E-state index in [4.69, 9.17) is 0 Å². The molecule has 118 valence electrons. The van der Waals surface area contributed by atoms with Crippen LogP contribution in [0.4, 0.5) is 4.79 Å². The molecule has 1 aromatic heterocycles. The average Bonchev–Trinajstić information content (AvgIpc) is 3.05. The van der Waals surface area contributed by atoms with E-state index in [1.807, 2.05) is 38.2 Å². The van der Waals surface area contributed by atoms with E-state index in [1.165, 1.54) is 6.33 Å². The smallest absolute Gasteiger partial charge is 0.317 e. The molecule has 2 aromatic rings. The van der Waals surface area contributed by atoms with Crippen LogP contribution in [0.25, 0.3) is 5.69 Å². The maximum Gasteiger partial charge on any atom is 0.317 e. The maximum absolute atomic E-state index is 12.1. The highest BCUT2D eigenvalue weighted by Gasteiger charge is 2.17. The molecule has 1 N–H and O–H groups in total. The summed E-state index contributed by atoms with van der Waals surface area (Å²) in [6.45, 7) is 6.85. The lowest BCUT2D eigenvalue weighted by molar-refractivity contribution is 0.193. The minimum atomic E-state index is -0.0541. The van der Waals surface area contributed by atoms with Gasteiger partial charge in [-0.25, -0.2) is 14.5 Å². The molecule has 0 bridgehead atoms. The maximum atomic E-state index is 12.1. The van der Waals surface area contributed by atoms with Gasteiger partial charge in [-0.05, 0) is 30.5 Å². The summed E-state index contributed by atoms with van der Waals surface area (Å²) in [6.07, 6.45) is 3.16. The molecule has 0 spiro atoms. The van der Waals surface area contributed by atoms with Crippen LogP contribution >= 0.6 is 0 Å². The summed E-state index contributed by atoms with van der Waals surface area (Å²) in [7, 11) is 1.81. The molecule has 0 fully saturated rings. The highest BCUT2D eigenvalue weighted by atomic mass is 16.2. The molecule has 0 aliphatic rings. The SMILES string of the molecule is CC(C)CNC(=O)N(C)C(C)c1ccc(-n2cncn2)cc1. The van der Waals surface area contributed by atoms with E-state index in [-0.39, 0.29) is 12.1 Å². The summed E-state index contributed by atoms with van der Waals surface area (Å²) >= 11 is 0. The molecule has 0 aliphatic heterocycles. The summed E-state index contributed by atoms with van der Waals surface area (Å²) < 4.78 is 1.70. The van der Waals surface area contributed by atoms with E-state index in [2.05, 4.69) is 29.2 Å². The second kappa shape index (κ2) is 7.06. The molecule has 1 unspecified atom stereocenters. The molecule has 0 saturated carbocycles. The normalized spacial score (nSPS) is 12.2. The predicted octanol–water partition coefficient (Wildman–Crippen LogP) is 2.63. The van der Waals surface area contributed by atoms with Gasteiger partial charge >= 0.3 is 6.03 Å². The molecule has 6 heteroatoms. The molecular weight excluding hydrogens is 278 g/mol. The van der Waals surface area contributed by atoms with Gasteiger partial charge in [-0.15, -0.1) is 0 Å². The Labute approximate surface area is 131 Å². The van der Waals surface area contributed by atoms with E-state index in [0.29, 0.717) is 12.5 Å². The van der Waals surface area contributed by atoms with E-state index in [0.717, 1.165) is 11.3 Å². The molecule has 1 aromatic carbocycles. The molecule has 0 saturated heterocycles. The fourth-order valence-corrected chi connectivity index (χ4v) is 2.06. The van der Waals surface area contributed by atoms with Gasteiger partial charge in [0, 0.05) is 13.6 Å². The lowest BCUT2D eigenvalue weighted by Gasteiger charge is -2.26. The zero-order chi connectivity index (χ0) is 16.1. The van der Waals surface area contributed by atoms with E-state index >= 15 is 0 Å². The van der Waals surface area contributed by atoms with Gasteiger partial charge in [0.05, 0.1) is 11.7 Å². The van der Waals surface area contributed by atoms with Crippen molar-refractivity contribution in [1.82, 2.24) is 25.0 Å². The monoisotopic (exact) mass is 301 g/mol. The molecule has 2 amide bonds. The van der Waals surface area contributed by atoms with Gasteiger partial charge in [0.15, 0.2) is 0 Å². The van der Waals surface area contributed by atoms with Gasteiger partial charge in [0.25, 0.3) is 0 Å². The van der Waals surface area contributed by atoms with Gasteiger partial charge in [0.2, 0.25) is 0 Å². The van der Waals surface area contributed by atoms with Gasteiger partial charge in [-0.2, -0.15) is 5.10 Å². The van der Waals surface area contributed by atoms with Gasteiger partial charge < -0.3 is 10.2 Å². The van der Waals surface area contributed by atoms with Gasteiger partial charge in [-0.1, -0.05) is 26.0 Å². The van der Waals surface area contributed by atoms with E-state index < -0.39 is 0 Å². The number of hydrogen-bond acceptors (Lipinski definition) is 3. The molecular formula is C16H23N5O. The molecule has 1 atom stereocenters. The van der Waals surface area contributed by atoms with Crippen LogP contribution in [0.2, 0.25) is 0 Å². The first kappa shape index (κ1) is 16.0. The Morgan fingerprint density at radius 1 is 1.27 bits per heavy atom. The van der Waals surface area contributed by atoms with Crippen molar-refractivity contribution in [1.29, 1.82) is 0 Å². The standard InChI is InChI=1S/C16H23N5O/c1-12(2)9-18-16(22)20(4)13(3)14-5-7-15(8-6-14)21-11-17-10-19-21/h5-8,10-13H,9H2,1-4H3,(H,18,22). The molecule has 1 heterocycles. The van der Waals surface area contributed by atoms with Crippen LogP contribution in [0.15, 0.2) is 36.9 Å². The van der Waals surface area contributed by atoms with Crippen LogP contribution in [0.5, 0.6) is 0 Å². The van der Waals surface area contributed by atoms with Crippen LogP contribution in [0, 0.1) is 5.92 Å². The number of urea groups is 1. The van der Waals surface area contributed by atoms with Crippen molar-refractivity contribution >= 4 is 6.03 Å². The van der Waals surface area contributed by atoms with Crippen molar-refractivity contribution in [2.24, 2.45) is 5.92 Å². The Kier molecular flexibility index (Phi) is 5.14. The molecule has 22 heavy (non-hydrogen) atoms. The number of rotatable bonds is 5. The van der Waals surface area contributed by atoms with Crippen LogP contribution in [0.3, 0.4) is 0 Å². The van der Waals surface area contributed by atoms with Crippen molar-refractivity contribution in [2.75, 3.05) is 13.6 Å². The Balaban J connectivity index is 2.02. The quantitative estimate of drug-likeness (QED) is 0.923. The van der Waals surface area contributed by atoms with E-state index in [9.17, 15) is 4.79 Å². The van der Waals surface area contributed by atoms with Crippen LogP contribution in [0.1, 0.15) is 32.4 Å². The minimum Gasteiger partial charge on any atom is -0.338 e. The van der Waals surface area contributed by atoms with Gasteiger partial charge in [-0.3, -0.25) is 0 Å². The first-order valence-electron chi connectivity index (χ1n) is 7.44. The summed E-state index contributed by atoms with van der Waals surface area (Å²) in [5.41, 5.74) is 2.02. The zero-order valence-corrected chi connectivity index (χ0v) is 13.5. The number of hydrogen-bond donors (Lipinski definition) is 1. The first-order chi connectivity index (χ1) is 10.5. The van der Waals surface area contributed by atoms with Crippen molar-refractivity contribution in [2.45, 2.75) is 26.8 Å².